The number of hydrogen-bond donors (Lipinski definition) is 0. The highest BCUT2D eigenvalue weighted by molar-refractivity contribution is 9.11. The monoisotopic (exact) mass is 1850 g/mol. The zero-order chi connectivity index (χ0) is 86.7. The van der Waals surface area contributed by atoms with Crippen LogP contribution in [-0.4, -0.2) is 22.8 Å². The predicted octanol–water partition coefficient (Wildman–Crippen LogP) is 34.3. The third-order valence-corrected chi connectivity index (χ3v) is 27.4. The van der Waals surface area contributed by atoms with Crippen LogP contribution in [0.3, 0.4) is 0 Å². The van der Waals surface area contributed by atoms with Crippen LogP contribution in [-0.2, 0) is 12.8 Å². The van der Waals surface area contributed by atoms with Gasteiger partial charge in [-0.15, -0.1) is 0 Å². The Balaban J connectivity index is 0.0000000926. The molecule has 0 saturated carbocycles. The van der Waals surface area contributed by atoms with Gasteiger partial charge in [-0.2, -0.15) is 0 Å². The molecule has 0 radical (unpaired) electrons. The van der Waals surface area contributed by atoms with Crippen LogP contribution in [0.15, 0.2) is 487 Å². The molecule has 0 N–H and O–H groups in total. The first kappa shape index (κ1) is 79.5. The van der Waals surface area contributed by atoms with E-state index in [1.807, 2.05) is 0 Å². The minimum Gasteiger partial charge on any atom is -0.309 e. The maximum absolute atomic E-state index is 3.56. The summed E-state index contributed by atoms with van der Waals surface area (Å²) in [4.78, 5) is 0. The van der Waals surface area contributed by atoms with E-state index in [4.69, 9.17) is 0 Å². The smallest absolute Gasteiger partial charge is 0.0622 e. The average molecular weight is 1860 g/mol. The highest BCUT2D eigenvalue weighted by atomic mass is 79.9. The van der Waals surface area contributed by atoms with Crippen molar-refractivity contribution in [2.24, 2.45) is 0 Å². The third kappa shape index (κ3) is 14.4. The quantitative estimate of drug-likeness (QED) is 0.145. The molecule has 20 aromatic carbocycles. The molecule has 0 saturated heterocycles. The Kier molecular flexibility index (Phi) is 20.9. The number of hydrogen-bond acceptors (Lipinski definition) is 0. The summed E-state index contributed by atoms with van der Waals surface area (Å²) in [6.07, 6.45) is 2.05. The van der Waals surface area contributed by atoms with Crippen molar-refractivity contribution < 1.29 is 0 Å². The highest BCUT2D eigenvalue weighted by Crippen LogP contribution is 2.48. The normalized spacial score (nSPS) is 11.7. The van der Waals surface area contributed by atoms with Crippen LogP contribution in [0.25, 0.3) is 193 Å². The molecule has 5 nitrogen and oxygen atoms in total. The SMILES string of the molecule is Brc1ccc(-c2ccc(-n3c4ccccc4c4ccccc43)cc2)cc1.Brc1ccc(-c2cccc(-n3c4ccccc4c4ccccc43)c2)cc1.Brc1cccc(-c2ccc(-n3c4ccccc4c4ccccc43)cc2)c1.c1ccc(-n2c3ccccc3c3c4c(ccc32)-c2ccccc2C4)cc1.c1ccc(-n2c3ccccc3c3ccc4c(c32)-c2ccccc2C4)cc1. The van der Waals surface area contributed by atoms with Gasteiger partial charge < -0.3 is 22.8 Å². The molecule has 2 aliphatic rings. The summed E-state index contributed by atoms with van der Waals surface area (Å²) < 4.78 is 15.2. The molecule has 5 heterocycles. The Morgan fingerprint density at radius 3 is 0.969 bits per heavy atom. The van der Waals surface area contributed by atoms with E-state index in [0.29, 0.717) is 0 Å². The van der Waals surface area contributed by atoms with Crippen LogP contribution in [0, 0.1) is 0 Å². The summed E-state index contributed by atoms with van der Waals surface area (Å²) in [6, 6.07) is 169. The van der Waals surface area contributed by atoms with E-state index in [1.165, 1.54) is 215 Å². The fourth-order valence-electron chi connectivity index (χ4n) is 20.1. The van der Waals surface area contributed by atoms with Gasteiger partial charge in [0.15, 0.2) is 0 Å². The number of halogens is 3. The third-order valence-electron chi connectivity index (χ3n) is 25.8. The molecule has 2 aliphatic carbocycles. The molecule has 130 heavy (non-hydrogen) atoms. The molecule has 0 spiro atoms. The maximum Gasteiger partial charge on any atom is 0.0622 e. The second-order valence-corrected chi connectivity index (χ2v) is 36.1. The van der Waals surface area contributed by atoms with Gasteiger partial charge in [-0.3, -0.25) is 0 Å². The van der Waals surface area contributed by atoms with Gasteiger partial charge in [-0.05, 0) is 237 Å². The molecule has 0 unspecified atom stereocenters. The number of fused-ring (bicyclic) bond motifs is 23. The molecule has 0 fully saturated rings. The van der Waals surface area contributed by atoms with Gasteiger partial charge in [-0.1, -0.05) is 369 Å². The zero-order valence-corrected chi connectivity index (χ0v) is 75.6. The predicted molar refractivity (Wildman–Crippen MR) is 560 cm³/mol. The number of para-hydroxylation sites is 10. The second-order valence-electron chi connectivity index (χ2n) is 33.3. The lowest BCUT2D eigenvalue weighted by Crippen LogP contribution is -1.95. The van der Waals surface area contributed by atoms with E-state index in [-0.39, 0.29) is 0 Å². The lowest BCUT2D eigenvalue weighted by molar-refractivity contribution is 1.18. The molecule has 0 aliphatic heterocycles. The Morgan fingerprint density at radius 2 is 0.500 bits per heavy atom. The van der Waals surface area contributed by atoms with Gasteiger partial charge in [-0.25, -0.2) is 0 Å². The Hall–Kier alpha value is -15.2. The van der Waals surface area contributed by atoms with E-state index in [1.54, 1.807) is 0 Å². The van der Waals surface area contributed by atoms with Crippen LogP contribution in [0.5, 0.6) is 0 Å². The molecule has 25 aromatic rings. The van der Waals surface area contributed by atoms with E-state index in [0.717, 1.165) is 26.3 Å². The van der Waals surface area contributed by atoms with Gasteiger partial charge >= 0.3 is 0 Å². The number of benzene rings is 20. The molecule has 0 bridgehead atoms. The van der Waals surface area contributed by atoms with E-state index in [9.17, 15) is 0 Å². The van der Waals surface area contributed by atoms with Gasteiger partial charge in [0.05, 0.1) is 55.2 Å². The fourth-order valence-corrected chi connectivity index (χ4v) is 21.0. The first-order chi connectivity index (χ1) is 64.3. The van der Waals surface area contributed by atoms with Crippen molar-refractivity contribution in [1.82, 2.24) is 22.8 Å². The van der Waals surface area contributed by atoms with Gasteiger partial charge in [0.1, 0.15) is 0 Å². The maximum atomic E-state index is 3.56. The van der Waals surface area contributed by atoms with Crippen molar-refractivity contribution in [3.8, 4) is 84.1 Å². The van der Waals surface area contributed by atoms with Crippen LogP contribution in [0.1, 0.15) is 22.3 Å². The molecule has 5 aromatic heterocycles. The minimum atomic E-state index is 1.02. The van der Waals surface area contributed by atoms with Gasteiger partial charge in [0, 0.05) is 101 Å². The van der Waals surface area contributed by atoms with Crippen molar-refractivity contribution in [2.45, 2.75) is 12.8 Å². The standard InChI is InChI=1S/2C25H17N.3C24H16BrN/c1-2-9-19(10-3-1)26-23-13-7-6-12-21(23)22-15-14-18-16-17-8-4-5-11-20(17)24(18)25(22)26;1-2-9-18(10-3-1)26-23-13-7-6-12-21(23)25-22-16-17-8-4-5-11-19(17)20(22)14-15-24(25)26;25-19-14-12-17(13-15-19)18-6-5-7-20(16-18)26-23-10-3-1-8-21(23)22-9-2-4-11-24(22)26;25-19-7-5-6-18(16-19)17-12-14-20(15-13-17)26-23-10-3-1-8-21(23)22-9-2-4-11-24(22)26;25-19-13-9-17(10-14-19)18-11-15-20(16-12-18)26-23-7-3-1-5-21(23)22-6-2-4-8-24(22)26/h2*1-15H,16H2;3*1-16H. The summed E-state index contributed by atoms with van der Waals surface area (Å²) in [7, 11) is 0. The Labute approximate surface area is 778 Å². The van der Waals surface area contributed by atoms with Crippen molar-refractivity contribution in [3.05, 3.63) is 509 Å². The molecular formula is C122H82Br3N5. The summed E-state index contributed by atoms with van der Waals surface area (Å²) in [5, 5.41) is 13.1. The van der Waals surface area contributed by atoms with Crippen LogP contribution >= 0.6 is 47.8 Å². The van der Waals surface area contributed by atoms with Gasteiger partial charge in [0.2, 0.25) is 0 Å². The summed E-state index contributed by atoms with van der Waals surface area (Å²) >= 11 is 10.6. The van der Waals surface area contributed by atoms with E-state index >= 15 is 0 Å². The minimum absolute atomic E-state index is 1.02. The zero-order valence-electron chi connectivity index (χ0n) is 70.8. The molecule has 0 amide bonds. The molecule has 616 valence electrons. The van der Waals surface area contributed by atoms with Crippen molar-refractivity contribution in [3.63, 3.8) is 0 Å². The molecule has 27 rings (SSSR count). The summed E-state index contributed by atoms with van der Waals surface area (Å²) in [5.74, 6) is 0. The van der Waals surface area contributed by atoms with Crippen LogP contribution < -0.4 is 0 Å². The molecule has 8 heteroatoms. The Bertz CT molecular complexity index is 8450. The van der Waals surface area contributed by atoms with E-state index < -0.39 is 0 Å². The number of nitrogens with zero attached hydrogens (tertiary/aromatic N) is 5. The highest BCUT2D eigenvalue weighted by Gasteiger charge is 2.27. The largest absolute Gasteiger partial charge is 0.309 e. The first-order valence-electron chi connectivity index (χ1n) is 44.2. The molecular weight excluding hydrogens is 1780 g/mol. The van der Waals surface area contributed by atoms with Crippen molar-refractivity contribution in [2.75, 3.05) is 0 Å². The fraction of sp³-hybridized carbons (Fsp3) is 0.0164. The lowest BCUT2D eigenvalue weighted by Gasteiger charge is -2.11. The summed E-state index contributed by atoms with van der Waals surface area (Å²) in [6.45, 7) is 0. The first-order valence-corrected chi connectivity index (χ1v) is 46.6. The van der Waals surface area contributed by atoms with E-state index in [2.05, 4.69) is 544 Å². The van der Waals surface area contributed by atoms with Crippen LogP contribution in [0.4, 0.5) is 0 Å². The van der Waals surface area contributed by atoms with Crippen molar-refractivity contribution >= 4 is 157 Å². The second kappa shape index (κ2) is 34.2. The summed E-state index contributed by atoms with van der Waals surface area (Å²) in [5.41, 5.74) is 37.2. The van der Waals surface area contributed by atoms with Crippen LogP contribution in [0.2, 0.25) is 0 Å². The lowest BCUT2D eigenvalue weighted by atomic mass is 10.0. The van der Waals surface area contributed by atoms with Crippen molar-refractivity contribution in [1.29, 1.82) is 0 Å². The average Bonchev–Trinajstić information content (AvgIpc) is 1.56. The molecule has 0 atom stereocenters. The number of aromatic nitrogens is 5. The van der Waals surface area contributed by atoms with Gasteiger partial charge in [0.25, 0.3) is 0 Å². The number of rotatable bonds is 8. The Morgan fingerprint density at radius 1 is 0.169 bits per heavy atom. The topological polar surface area (TPSA) is 24.6 Å².